The molecule has 0 aliphatic heterocycles. The molecule has 2 N–H and O–H groups in total. The highest BCUT2D eigenvalue weighted by molar-refractivity contribution is 4.91. The summed E-state index contributed by atoms with van der Waals surface area (Å²) < 4.78 is 5.05. The van der Waals surface area contributed by atoms with Gasteiger partial charge in [0.15, 0.2) is 5.82 Å². The third-order valence-corrected chi connectivity index (χ3v) is 1.82. The van der Waals surface area contributed by atoms with Gasteiger partial charge in [-0.05, 0) is 13.0 Å². The standard InChI is InChI=1S/C8H15N3O/c1-3-7-10-8(12-11-7)6(2)4-5-9/h6H,3-5,9H2,1-2H3. The van der Waals surface area contributed by atoms with Crippen molar-refractivity contribution >= 4 is 0 Å². The van der Waals surface area contributed by atoms with Crippen molar-refractivity contribution in [1.82, 2.24) is 10.1 Å². The van der Waals surface area contributed by atoms with Gasteiger partial charge < -0.3 is 10.3 Å². The monoisotopic (exact) mass is 169 g/mol. The minimum Gasteiger partial charge on any atom is -0.339 e. The fourth-order valence-corrected chi connectivity index (χ4v) is 0.985. The zero-order valence-electron chi connectivity index (χ0n) is 7.58. The van der Waals surface area contributed by atoms with Gasteiger partial charge >= 0.3 is 0 Å². The second-order valence-electron chi connectivity index (χ2n) is 2.88. The minimum atomic E-state index is 0.280. The molecule has 68 valence electrons. The van der Waals surface area contributed by atoms with Crippen molar-refractivity contribution in [2.75, 3.05) is 6.54 Å². The van der Waals surface area contributed by atoms with E-state index in [4.69, 9.17) is 10.3 Å². The Morgan fingerprint density at radius 2 is 2.33 bits per heavy atom. The summed E-state index contributed by atoms with van der Waals surface area (Å²) >= 11 is 0. The number of rotatable bonds is 4. The molecule has 1 aromatic rings. The van der Waals surface area contributed by atoms with Gasteiger partial charge in [0, 0.05) is 12.3 Å². The van der Waals surface area contributed by atoms with Crippen LogP contribution in [0.5, 0.6) is 0 Å². The summed E-state index contributed by atoms with van der Waals surface area (Å²) in [6.45, 7) is 4.70. The predicted molar refractivity (Wildman–Crippen MR) is 45.8 cm³/mol. The first-order valence-corrected chi connectivity index (χ1v) is 4.30. The lowest BCUT2D eigenvalue weighted by Crippen LogP contribution is -2.04. The molecule has 0 spiro atoms. The topological polar surface area (TPSA) is 64.9 Å². The molecule has 0 aliphatic rings. The zero-order chi connectivity index (χ0) is 8.97. The second-order valence-corrected chi connectivity index (χ2v) is 2.88. The fraction of sp³-hybridized carbons (Fsp3) is 0.750. The summed E-state index contributed by atoms with van der Waals surface area (Å²) in [5.41, 5.74) is 5.42. The maximum Gasteiger partial charge on any atom is 0.229 e. The molecule has 4 nitrogen and oxygen atoms in total. The summed E-state index contributed by atoms with van der Waals surface area (Å²) in [6, 6.07) is 0. The van der Waals surface area contributed by atoms with E-state index >= 15 is 0 Å². The van der Waals surface area contributed by atoms with Crippen LogP contribution in [0, 0.1) is 0 Å². The average molecular weight is 169 g/mol. The number of hydrogen-bond acceptors (Lipinski definition) is 4. The molecule has 0 aromatic carbocycles. The van der Waals surface area contributed by atoms with Crippen molar-refractivity contribution in [2.45, 2.75) is 32.6 Å². The first-order valence-electron chi connectivity index (χ1n) is 4.30. The Bertz CT molecular complexity index is 234. The molecule has 0 aliphatic carbocycles. The second kappa shape index (κ2) is 4.21. The highest BCUT2D eigenvalue weighted by Gasteiger charge is 2.11. The van der Waals surface area contributed by atoms with Gasteiger partial charge in [-0.1, -0.05) is 19.0 Å². The smallest absolute Gasteiger partial charge is 0.229 e. The van der Waals surface area contributed by atoms with Crippen molar-refractivity contribution in [3.63, 3.8) is 0 Å². The number of nitrogens with two attached hydrogens (primary N) is 1. The third kappa shape index (κ3) is 2.04. The fourth-order valence-electron chi connectivity index (χ4n) is 0.985. The van der Waals surface area contributed by atoms with Gasteiger partial charge in [0.2, 0.25) is 5.89 Å². The van der Waals surface area contributed by atoms with Gasteiger partial charge in [0.25, 0.3) is 0 Å². The molecule has 1 atom stereocenters. The maximum atomic E-state index is 5.42. The normalized spacial score (nSPS) is 13.2. The van der Waals surface area contributed by atoms with E-state index in [2.05, 4.69) is 10.1 Å². The number of nitrogens with zero attached hydrogens (tertiary/aromatic N) is 2. The van der Waals surface area contributed by atoms with Crippen molar-refractivity contribution in [2.24, 2.45) is 5.73 Å². The Labute approximate surface area is 72.1 Å². The van der Waals surface area contributed by atoms with E-state index in [1.807, 2.05) is 13.8 Å². The molecule has 0 saturated carbocycles. The van der Waals surface area contributed by atoms with Crippen LogP contribution in [0.3, 0.4) is 0 Å². The summed E-state index contributed by atoms with van der Waals surface area (Å²) in [6.07, 6.45) is 1.71. The van der Waals surface area contributed by atoms with E-state index in [0.29, 0.717) is 12.4 Å². The number of aromatic nitrogens is 2. The van der Waals surface area contributed by atoms with Gasteiger partial charge in [-0.15, -0.1) is 0 Å². The Morgan fingerprint density at radius 3 is 2.83 bits per heavy atom. The molecule has 4 heteroatoms. The largest absolute Gasteiger partial charge is 0.339 e. The Kier molecular flexibility index (Phi) is 3.22. The molecule has 0 saturated heterocycles. The summed E-state index contributed by atoms with van der Waals surface area (Å²) in [4.78, 5) is 4.21. The van der Waals surface area contributed by atoms with E-state index < -0.39 is 0 Å². The van der Waals surface area contributed by atoms with E-state index in [1.165, 1.54) is 0 Å². The third-order valence-electron chi connectivity index (χ3n) is 1.82. The highest BCUT2D eigenvalue weighted by Crippen LogP contribution is 2.15. The van der Waals surface area contributed by atoms with Gasteiger partial charge in [-0.3, -0.25) is 0 Å². The predicted octanol–water partition coefficient (Wildman–Crippen LogP) is 1.08. The highest BCUT2D eigenvalue weighted by atomic mass is 16.5. The Morgan fingerprint density at radius 1 is 1.58 bits per heavy atom. The Balaban J connectivity index is 2.61. The maximum absolute atomic E-state index is 5.42. The summed E-state index contributed by atoms with van der Waals surface area (Å²) in [7, 11) is 0. The van der Waals surface area contributed by atoms with Crippen LogP contribution in [-0.4, -0.2) is 16.7 Å². The van der Waals surface area contributed by atoms with Gasteiger partial charge in [0.05, 0.1) is 0 Å². The zero-order valence-corrected chi connectivity index (χ0v) is 7.58. The van der Waals surface area contributed by atoms with Crippen molar-refractivity contribution in [3.8, 4) is 0 Å². The molecule has 0 bridgehead atoms. The van der Waals surface area contributed by atoms with Crippen LogP contribution in [0.2, 0.25) is 0 Å². The molecule has 1 heterocycles. The molecule has 1 aromatic heterocycles. The van der Waals surface area contributed by atoms with Crippen LogP contribution >= 0.6 is 0 Å². The molecule has 12 heavy (non-hydrogen) atoms. The van der Waals surface area contributed by atoms with Crippen molar-refractivity contribution in [3.05, 3.63) is 11.7 Å². The minimum absolute atomic E-state index is 0.280. The van der Waals surface area contributed by atoms with Crippen molar-refractivity contribution < 1.29 is 4.52 Å². The van der Waals surface area contributed by atoms with E-state index in [0.717, 1.165) is 18.7 Å². The van der Waals surface area contributed by atoms with Crippen LogP contribution in [0.15, 0.2) is 4.52 Å². The first kappa shape index (κ1) is 9.19. The Hall–Kier alpha value is -0.900. The lowest BCUT2D eigenvalue weighted by molar-refractivity contribution is 0.351. The van der Waals surface area contributed by atoms with Crippen LogP contribution in [0.4, 0.5) is 0 Å². The van der Waals surface area contributed by atoms with Crippen LogP contribution in [0.1, 0.15) is 37.9 Å². The lowest BCUT2D eigenvalue weighted by Gasteiger charge is -2.01. The number of aryl methyl sites for hydroxylation is 1. The quantitative estimate of drug-likeness (QED) is 0.732. The molecular weight excluding hydrogens is 154 g/mol. The van der Waals surface area contributed by atoms with Crippen LogP contribution in [-0.2, 0) is 6.42 Å². The molecule has 0 amide bonds. The van der Waals surface area contributed by atoms with Gasteiger partial charge in [0.1, 0.15) is 0 Å². The average Bonchev–Trinajstić information content (AvgIpc) is 2.52. The van der Waals surface area contributed by atoms with E-state index in [1.54, 1.807) is 0 Å². The van der Waals surface area contributed by atoms with Crippen LogP contribution in [0.25, 0.3) is 0 Å². The summed E-state index contributed by atoms with van der Waals surface area (Å²) in [5, 5.41) is 3.81. The van der Waals surface area contributed by atoms with Crippen LogP contribution < -0.4 is 5.73 Å². The molecular formula is C8H15N3O. The SMILES string of the molecule is CCc1noc(C(C)CCN)n1. The van der Waals surface area contributed by atoms with Gasteiger partial charge in [-0.25, -0.2) is 0 Å². The molecule has 1 unspecified atom stereocenters. The van der Waals surface area contributed by atoms with E-state index in [-0.39, 0.29) is 5.92 Å². The van der Waals surface area contributed by atoms with Gasteiger partial charge in [-0.2, -0.15) is 4.98 Å². The van der Waals surface area contributed by atoms with E-state index in [9.17, 15) is 0 Å². The summed E-state index contributed by atoms with van der Waals surface area (Å²) in [5.74, 6) is 1.76. The lowest BCUT2D eigenvalue weighted by atomic mass is 10.1. The molecule has 0 radical (unpaired) electrons. The molecule has 1 rings (SSSR count). The molecule has 0 fully saturated rings. The van der Waals surface area contributed by atoms with Crippen molar-refractivity contribution in [1.29, 1.82) is 0 Å². The first-order chi connectivity index (χ1) is 5.77. The number of hydrogen-bond donors (Lipinski definition) is 1.